The van der Waals surface area contributed by atoms with Gasteiger partial charge in [-0.3, -0.25) is 14.4 Å². The number of carbonyl (C=O) groups excluding carboxylic acids is 3. The number of ketones is 1. The average Bonchev–Trinajstić information content (AvgIpc) is 3.05. The first-order chi connectivity index (χ1) is 9.37. The summed E-state index contributed by atoms with van der Waals surface area (Å²) in [6.07, 6.45) is 1.73. The third-order valence-corrected chi connectivity index (χ3v) is 3.67. The van der Waals surface area contributed by atoms with Crippen LogP contribution in [-0.4, -0.2) is 37.3 Å². The second kappa shape index (κ2) is 6.39. The van der Waals surface area contributed by atoms with Gasteiger partial charge in [-0.05, 0) is 20.8 Å². The van der Waals surface area contributed by atoms with Gasteiger partial charge in [0.1, 0.15) is 5.41 Å². The molecular weight excluding hydrogens is 284 g/mol. The van der Waals surface area contributed by atoms with Crippen molar-refractivity contribution < 1.29 is 23.9 Å². The van der Waals surface area contributed by atoms with Crippen LogP contribution in [0.4, 0.5) is 0 Å². The van der Waals surface area contributed by atoms with Crippen molar-refractivity contribution >= 4 is 29.3 Å². The van der Waals surface area contributed by atoms with Crippen molar-refractivity contribution in [1.82, 2.24) is 0 Å². The molecule has 0 spiro atoms. The molecule has 0 radical (unpaired) electrons. The number of Topliss-reactive ketones (excluding diaryl/α,β-unsaturated/α-hetero) is 1. The summed E-state index contributed by atoms with van der Waals surface area (Å²) in [7, 11) is 1.22. The van der Waals surface area contributed by atoms with E-state index in [1.165, 1.54) is 7.11 Å². The molecule has 1 aliphatic carbocycles. The Kier molecular flexibility index (Phi) is 5.34. The van der Waals surface area contributed by atoms with Gasteiger partial charge in [-0.2, -0.15) is 0 Å². The monoisotopic (exact) mass is 302 g/mol. The maximum atomic E-state index is 12.2. The van der Waals surface area contributed by atoms with Crippen LogP contribution < -0.4 is 0 Å². The molecule has 1 rings (SSSR count). The zero-order chi connectivity index (χ0) is 15.5. The van der Waals surface area contributed by atoms with Gasteiger partial charge in [-0.15, -0.1) is 11.6 Å². The highest BCUT2D eigenvalue weighted by atomic mass is 35.5. The van der Waals surface area contributed by atoms with Gasteiger partial charge in [-0.25, -0.2) is 0 Å². The summed E-state index contributed by atoms with van der Waals surface area (Å²) in [4.78, 5) is 36.2. The normalized spacial score (nSPS) is 27.4. The molecule has 5 nitrogen and oxygen atoms in total. The molecule has 0 bridgehead atoms. The second-order valence-corrected chi connectivity index (χ2v) is 5.18. The number of esters is 2. The number of ether oxygens (including phenoxy) is 2. The van der Waals surface area contributed by atoms with Crippen LogP contribution in [0.2, 0.25) is 0 Å². The summed E-state index contributed by atoms with van der Waals surface area (Å²) in [5.41, 5.74) is -0.625. The first-order valence-electron chi connectivity index (χ1n) is 6.37. The Hall–Kier alpha value is -1.36. The number of allylic oxidation sites excluding steroid dienone is 2. The average molecular weight is 303 g/mol. The molecule has 0 N–H and O–H groups in total. The molecule has 3 atom stereocenters. The molecule has 0 aliphatic heterocycles. The van der Waals surface area contributed by atoms with E-state index in [1.54, 1.807) is 13.0 Å². The van der Waals surface area contributed by atoms with Crippen LogP contribution in [0.5, 0.6) is 0 Å². The van der Waals surface area contributed by atoms with Crippen molar-refractivity contribution in [2.75, 3.05) is 19.6 Å². The Bertz CT molecular complexity index is 452. The zero-order valence-corrected chi connectivity index (χ0v) is 12.8. The van der Waals surface area contributed by atoms with E-state index in [0.717, 1.165) is 5.57 Å². The van der Waals surface area contributed by atoms with Crippen LogP contribution in [-0.2, 0) is 23.9 Å². The van der Waals surface area contributed by atoms with E-state index in [9.17, 15) is 14.4 Å². The molecule has 0 aromatic carbocycles. The molecule has 1 aliphatic rings. The zero-order valence-electron chi connectivity index (χ0n) is 12.1. The summed E-state index contributed by atoms with van der Waals surface area (Å²) in [5, 5.41) is 0. The summed E-state index contributed by atoms with van der Waals surface area (Å²) in [6.45, 7) is 5.43. The van der Waals surface area contributed by atoms with E-state index in [1.807, 2.05) is 13.8 Å². The molecule has 0 unspecified atom stereocenters. The van der Waals surface area contributed by atoms with Crippen molar-refractivity contribution in [1.29, 1.82) is 0 Å². The predicted octanol–water partition coefficient (Wildman–Crippen LogP) is 1.73. The summed E-state index contributed by atoms with van der Waals surface area (Å²) >= 11 is 5.61. The van der Waals surface area contributed by atoms with Crippen LogP contribution in [0.1, 0.15) is 20.8 Å². The molecule has 0 aromatic rings. The van der Waals surface area contributed by atoms with Gasteiger partial charge in [-0.1, -0.05) is 11.6 Å². The molecule has 1 fully saturated rings. The topological polar surface area (TPSA) is 69.7 Å². The van der Waals surface area contributed by atoms with E-state index >= 15 is 0 Å². The van der Waals surface area contributed by atoms with E-state index in [4.69, 9.17) is 21.1 Å². The molecule has 112 valence electrons. The highest BCUT2D eigenvalue weighted by Crippen LogP contribution is 2.62. The minimum Gasteiger partial charge on any atom is -0.469 e. The summed E-state index contributed by atoms with van der Waals surface area (Å²) < 4.78 is 9.67. The van der Waals surface area contributed by atoms with E-state index in [-0.39, 0.29) is 12.5 Å². The number of methoxy groups -OCH3 is 1. The first kappa shape index (κ1) is 16.7. The fraction of sp³-hybridized carbons (Fsp3) is 0.643. The van der Waals surface area contributed by atoms with Crippen molar-refractivity contribution in [3.63, 3.8) is 0 Å². The minimum atomic E-state index is -1.53. The lowest BCUT2D eigenvalue weighted by Crippen LogP contribution is -2.34. The quantitative estimate of drug-likeness (QED) is 0.323. The molecule has 0 amide bonds. The minimum absolute atomic E-state index is 0.131. The van der Waals surface area contributed by atoms with Gasteiger partial charge in [0.05, 0.1) is 25.5 Å². The molecule has 1 saturated carbocycles. The third-order valence-electron chi connectivity index (χ3n) is 3.43. The van der Waals surface area contributed by atoms with Crippen LogP contribution >= 0.6 is 11.6 Å². The van der Waals surface area contributed by atoms with Crippen molar-refractivity contribution in [3.8, 4) is 0 Å². The predicted molar refractivity (Wildman–Crippen MR) is 73.2 cm³/mol. The largest absolute Gasteiger partial charge is 0.469 e. The van der Waals surface area contributed by atoms with Gasteiger partial charge in [0.2, 0.25) is 0 Å². The lowest BCUT2D eigenvalue weighted by molar-refractivity contribution is -0.158. The smallest absolute Gasteiger partial charge is 0.321 e. The summed E-state index contributed by atoms with van der Waals surface area (Å²) in [5.74, 6) is -3.56. The van der Waals surface area contributed by atoms with Crippen LogP contribution in [0.25, 0.3) is 0 Å². The lowest BCUT2D eigenvalue weighted by atomic mass is 9.96. The van der Waals surface area contributed by atoms with Crippen LogP contribution in [0.3, 0.4) is 0 Å². The maximum Gasteiger partial charge on any atom is 0.321 e. The standard InChI is InChI=1S/C14H19ClO5/c1-5-20-13(18)14(10(16)7-15)9(6-8(2)3)11(14)12(17)19-4/h6,9,11H,5,7H2,1-4H3/t9-,11+,14-/m1/s1. The first-order valence-corrected chi connectivity index (χ1v) is 6.90. The fourth-order valence-electron chi connectivity index (χ4n) is 2.56. The van der Waals surface area contributed by atoms with Crippen molar-refractivity contribution in [2.24, 2.45) is 17.3 Å². The molecule has 20 heavy (non-hydrogen) atoms. The van der Waals surface area contributed by atoms with Gasteiger partial charge in [0, 0.05) is 5.92 Å². The Morgan fingerprint density at radius 3 is 2.30 bits per heavy atom. The number of hydrogen-bond donors (Lipinski definition) is 0. The Balaban J connectivity index is 3.26. The van der Waals surface area contributed by atoms with Gasteiger partial charge in [0.25, 0.3) is 0 Å². The summed E-state index contributed by atoms with van der Waals surface area (Å²) in [6, 6.07) is 0. The van der Waals surface area contributed by atoms with E-state index < -0.39 is 35.0 Å². The van der Waals surface area contributed by atoms with Crippen molar-refractivity contribution in [2.45, 2.75) is 20.8 Å². The Morgan fingerprint density at radius 1 is 1.30 bits per heavy atom. The van der Waals surface area contributed by atoms with Gasteiger partial charge < -0.3 is 9.47 Å². The Labute approximate surface area is 123 Å². The highest BCUT2D eigenvalue weighted by molar-refractivity contribution is 6.32. The number of hydrogen-bond acceptors (Lipinski definition) is 5. The third kappa shape index (κ3) is 2.59. The van der Waals surface area contributed by atoms with E-state index in [2.05, 4.69) is 0 Å². The van der Waals surface area contributed by atoms with Crippen molar-refractivity contribution in [3.05, 3.63) is 11.6 Å². The van der Waals surface area contributed by atoms with Gasteiger partial charge >= 0.3 is 11.9 Å². The van der Waals surface area contributed by atoms with E-state index in [0.29, 0.717) is 0 Å². The number of alkyl halides is 1. The molecule has 0 aromatic heterocycles. The SMILES string of the molecule is CCOC(=O)[C@@]1(C(=O)CCl)[C@H](C=C(C)C)[C@H]1C(=O)OC. The highest BCUT2D eigenvalue weighted by Gasteiger charge is 2.77. The van der Waals surface area contributed by atoms with Crippen LogP contribution in [0.15, 0.2) is 11.6 Å². The van der Waals surface area contributed by atoms with Crippen LogP contribution in [0, 0.1) is 17.3 Å². The number of halogens is 1. The van der Waals surface area contributed by atoms with Gasteiger partial charge in [0.15, 0.2) is 5.78 Å². The lowest BCUT2D eigenvalue weighted by Gasteiger charge is -2.13. The maximum absolute atomic E-state index is 12.2. The number of rotatable bonds is 6. The molecular formula is C14H19ClO5. The second-order valence-electron chi connectivity index (χ2n) is 4.92. The molecule has 0 saturated heterocycles. The molecule has 0 heterocycles. The Morgan fingerprint density at radius 2 is 1.90 bits per heavy atom. The number of carbonyl (C=O) groups is 3. The molecule has 6 heteroatoms. The fourth-order valence-corrected chi connectivity index (χ4v) is 2.78.